The number of aromatic amines is 1. The number of nitrogens with one attached hydrogen (secondary N) is 2. The number of aromatic nitrogens is 2. The second-order valence-corrected chi connectivity index (χ2v) is 6.33. The van der Waals surface area contributed by atoms with Gasteiger partial charge in [-0.05, 0) is 47.3 Å². The number of halogens is 1. The van der Waals surface area contributed by atoms with Gasteiger partial charge in [-0.3, -0.25) is 4.79 Å². The molecule has 0 amide bonds. The molecule has 0 aliphatic heterocycles. The van der Waals surface area contributed by atoms with Gasteiger partial charge in [0.05, 0.1) is 6.33 Å². The second-order valence-electron chi connectivity index (χ2n) is 5.25. The molecular weight excluding hydrogens is 341 g/mol. The van der Waals surface area contributed by atoms with Crippen LogP contribution in [0.15, 0.2) is 11.1 Å². The van der Waals surface area contributed by atoms with E-state index in [0.717, 1.165) is 18.4 Å². The Morgan fingerprint density at radius 1 is 1.56 bits per heavy atom. The molecule has 100 valence electrons. The molecule has 0 spiro atoms. The molecule has 0 aromatic carbocycles. The van der Waals surface area contributed by atoms with Gasteiger partial charge in [-0.15, -0.1) is 0 Å². The SMILES string of the molecule is CC1CCCC(CCNc2nc[nH]c(=O)c2I)C1. The summed E-state index contributed by atoms with van der Waals surface area (Å²) in [5.74, 6) is 2.42. The standard InChI is InChI=1S/C13H20IN3O/c1-9-3-2-4-10(7-9)5-6-15-12-11(14)13(18)17-8-16-12/h8-10H,2-7H2,1H3,(H2,15,16,17,18). The number of hydrogen-bond acceptors (Lipinski definition) is 3. The van der Waals surface area contributed by atoms with E-state index in [0.29, 0.717) is 9.39 Å². The Hall–Kier alpha value is -0.590. The van der Waals surface area contributed by atoms with Crippen molar-refractivity contribution in [2.75, 3.05) is 11.9 Å². The normalized spacial score (nSPS) is 23.9. The molecule has 4 nitrogen and oxygen atoms in total. The summed E-state index contributed by atoms with van der Waals surface area (Å²) < 4.78 is 0.645. The van der Waals surface area contributed by atoms with Crippen molar-refractivity contribution < 1.29 is 0 Å². The minimum Gasteiger partial charge on any atom is -0.369 e. The van der Waals surface area contributed by atoms with Gasteiger partial charge < -0.3 is 10.3 Å². The summed E-state index contributed by atoms with van der Waals surface area (Å²) in [4.78, 5) is 18.1. The Kier molecular flexibility index (Phi) is 5.03. The van der Waals surface area contributed by atoms with E-state index in [4.69, 9.17) is 0 Å². The van der Waals surface area contributed by atoms with E-state index in [9.17, 15) is 4.79 Å². The number of H-pyrrole nitrogens is 1. The van der Waals surface area contributed by atoms with Gasteiger partial charge in [-0.25, -0.2) is 4.98 Å². The largest absolute Gasteiger partial charge is 0.369 e. The lowest BCUT2D eigenvalue weighted by molar-refractivity contribution is 0.274. The molecule has 1 aromatic rings. The first-order chi connectivity index (χ1) is 8.66. The number of hydrogen-bond donors (Lipinski definition) is 2. The van der Waals surface area contributed by atoms with E-state index in [1.807, 2.05) is 22.6 Å². The molecular formula is C13H20IN3O. The first-order valence-electron chi connectivity index (χ1n) is 6.64. The molecule has 0 saturated heterocycles. The maximum absolute atomic E-state index is 11.4. The van der Waals surface area contributed by atoms with E-state index in [1.165, 1.54) is 38.4 Å². The zero-order valence-electron chi connectivity index (χ0n) is 10.7. The molecule has 1 heterocycles. The lowest BCUT2D eigenvalue weighted by atomic mass is 9.81. The third-order valence-corrected chi connectivity index (χ3v) is 4.69. The van der Waals surface area contributed by atoms with Gasteiger partial charge in [0.15, 0.2) is 0 Å². The smallest absolute Gasteiger partial charge is 0.266 e. The fourth-order valence-electron chi connectivity index (χ4n) is 2.72. The lowest BCUT2D eigenvalue weighted by Gasteiger charge is -2.26. The molecule has 1 aliphatic rings. The van der Waals surface area contributed by atoms with Gasteiger partial charge >= 0.3 is 0 Å². The van der Waals surface area contributed by atoms with Gasteiger partial charge in [-0.2, -0.15) is 0 Å². The summed E-state index contributed by atoms with van der Waals surface area (Å²) in [5.41, 5.74) is -0.0700. The Balaban J connectivity index is 1.81. The maximum atomic E-state index is 11.4. The van der Waals surface area contributed by atoms with Crippen LogP contribution in [0.1, 0.15) is 39.0 Å². The summed E-state index contributed by atoms with van der Waals surface area (Å²) >= 11 is 2.03. The highest BCUT2D eigenvalue weighted by Gasteiger charge is 2.18. The number of nitrogens with zero attached hydrogens (tertiary/aromatic N) is 1. The number of rotatable bonds is 4. The van der Waals surface area contributed by atoms with E-state index < -0.39 is 0 Å². The van der Waals surface area contributed by atoms with Crippen molar-refractivity contribution in [2.45, 2.75) is 39.0 Å². The summed E-state index contributed by atoms with van der Waals surface area (Å²) in [6, 6.07) is 0. The van der Waals surface area contributed by atoms with Crippen LogP contribution in [0.25, 0.3) is 0 Å². The quantitative estimate of drug-likeness (QED) is 0.811. The Labute approximate surface area is 121 Å². The molecule has 5 heteroatoms. The van der Waals surface area contributed by atoms with Crippen LogP contribution in [0, 0.1) is 15.4 Å². The van der Waals surface area contributed by atoms with Crippen LogP contribution in [0.3, 0.4) is 0 Å². The fraction of sp³-hybridized carbons (Fsp3) is 0.692. The third kappa shape index (κ3) is 3.70. The van der Waals surface area contributed by atoms with Crippen LogP contribution in [0.5, 0.6) is 0 Å². The van der Waals surface area contributed by atoms with Crippen molar-refractivity contribution in [1.29, 1.82) is 0 Å². The lowest BCUT2D eigenvalue weighted by Crippen LogP contribution is -2.19. The highest BCUT2D eigenvalue weighted by Crippen LogP contribution is 2.30. The molecule has 1 fully saturated rings. The van der Waals surface area contributed by atoms with E-state index in [-0.39, 0.29) is 5.56 Å². The summed E-state index contributed by atoms with van der Waals surface area (Å²) in [6.45, 7) is 3.25. The van der Waals surface area contributed by atoms with Crippen LogP contribution in [0.4, 0.5) is 5.82 Å². The molecule has 1 aliphatic carbocycles. The molecule has 0 radical (unpaired) electrons. The van der Waals surface area contributed by atoms with Crippen molar-refractivity contribution in [3.05, 3.63) is 20.3 Å². The predicted octanol–water partition coefficient (Wildman–Crippen LogP) is 3.00. The molecule has 1 saturated carbocycles. The van der Waals surface area contributed by atoms with Crippen LogP contribution in [-0.2, 0) is 0 Å². The van der Waals surface area contributed by atoms with Crippen LogP contribution in [0.2, 0.25) is 0 Å². The van der Waals surface area contributed by atoms with Crippen molar-refractivity contribution in [2.24, 2.45) is 11.8 Å². The minimum absolute atomic E-state index is 0.0700. The monoisotopic (exact) mass is 361 g/mol. The third-order valence-electron chi connectivity index (χ3n) is 3.69. The van der Waals surface area contributed by atoms with Crippen LogP contribution >= 0.6 is 22.6 Å². The average molecular weight is 361 g/mol. The first kappa shape index (κ1) is 13.8. The molecule has 0 bridgehead atoms. The predicted molar refractivity (Wildman–Crippen MR) is 81.8 cm³/mol. The molecule has 18 heavy (non-hydrogen) atoms. The summed E-state index contributed by atoms with van der Waals surface area (Å²) in [6.07, 6.45) is 8.09. The summed E-state index contributed by atoms with van der Waals surface area (Å²) in [5, 5.41) is 3.28. The highest BCUT2D eigenvalue weighted by atomic mass is 127. The molecule has 2 atom stereocenters. The Morgan fingerprint density at radius 3 is 3.17 bits per heavy atom. The first-order valence-corrected chi connectivity index (χ1v) is 7.71. The van der Waals surface area contributed by atoms with E-state index in [1.54, 1.807) is 0 Å². The molecule has 2 N–H and O–H groups in total. The topological polar surface area (TPSA) is 57.8 Å². The second kappa shape index (κ2) is 6.54. The highest BCUT2D eigenvalue weighted by molar-refractivity contribution is 14.1. The van der Waals surface area contributed by atoms with Crippen molar-refractivity contribution >= 4 is 28.4 Å². The zero-order chi connectivity index (χ0) is 13.0. The summed E-state index contributed by atoms with van der Waals surface area (Å²) in [7, 11) is 0. The van der Waals surface area contributed by atoms with Crippen LogP contribution in [-0.4, -0.2) is 16.5 Å². The van der Waals surface area contributed by atoms with Crippen molar-refractivity contribution in [3.63, 3.8) is 0 Å². The Morgan fingerprint density at radius 2 is 2.39 bits per heavy atom. The van der Waals surface area contributed by atoms with Gasteiger partial charge in [0, 0.05) is 6.54 Å². The van der Waals surface area contributed by atoms with Gasteiger partial charge in [0.25, 0.3) is 5.56 Å². The van der Waals surface area contributed by atoms with Crippen molar-refractivity contribution in [3.8, 4) is 0 Å². The number of anilines is 1. The van der Waals surface area contributed by atoms with Crippen molar-refractivity contribution in [1.82, 2.24) is 9.97 Å². The average Bonchev–Trinajstić information content (AvgIpc) is 2.35. The molecule has 1 aromatic heterocycles. The van der Waals surface area contributed by atoms with E-state index in [2.05, 4.69) is 22.2 Å². The minimum atomic E-state index is -0.0700. The Bertz CT molecular complexity index is 446. The van der Waals surface area contributed by atoms with E-state index >= 15 is 0 Å². The molecule has 2 unspecified atom stereocenters. The fourth-order valence-corrected chi connectivity index (χ4v) is 3.21. The maximum Gasteiger partial charge on any atom is 0.266 e. The van der Waals surface area contributed by atoms with Crippen LogP contribution < -0.4 is 10.9 Å². The molecule has 2 rings (SSSR count). The van der Waals surface area contributed by atoms with Gasteiger partial charge in [0.2, 0.25) is 0 Å². The van der Waals surface area contributed by atoms with Gasteiger partial charge in [0.1, 0.15) is 9.39 Å². The van der Waals surface area contributed by atoms with Gasteiger partial charge in [-0.1, -0.05) is 26.2 Å². The zero-order valence-corrected chi connectivity index (χ0v) is 12.9.